The second-order valence-corrected chi connectivity index (χ2v) is 6.00. The highest BCUT2D eigenvalue weighted by Gasteiger charge is 2.21. The highest BCUT2D eigenvalue weighted by atomic mass is 35.5. The maximum absolute atomic E-state index is 6.15. The molecule has 3 rings (SSSR count). The van der Waals surface area contributed by atoms with Gasteiger partial charge in [0.25, 0.3) is 0 Å². The predicted molar refractivity (Wildman–Crippen MR) is 87.6 cm³/mol. The number of hydrogen-bond acceptors (Lipinski definition) is 2. The van der Waals surface area contributed by atoms with Gasteiger partial charge < -0.3 is 10.1 Å². The average molecular weight is 322 g/mol. The smallest absolute Gasteiger partial charge is 0.127 e. The Balaban J connectivity index is 2.06. The maximum atomic E-state index is 6.15. The Morgan fingerprint density at radius 1 is 1.14 bits per heavy atom. The minimum atomic E-state index is 0.0350. The van der Waals surface area contributed by atoms with Gasteiger partial charge in [0.05, 0.1) is 22.7 Å². The number of fused-ring (bicyclic) bond motifs is 1. The van der Waals surface area contributed by atoms with Crippen molar-refractivity contribution in [2.45, 2.75) is 18.9 Å². The van der Waals surface area contributed by atoms with Crippen LogP contribution in [0.2, 0.25) is 10.0 Å². The van der Waals surface area contributed by atoms with Crippen molar-refractivity contribution < 1.29 is 4.74 Å². The van der Waals surface area contributed by atoms with E-state index in [2.05, 4.69) is 23.5 Å². The van der Waals surface area contributed by atoms with Crippen molar-refractivity contribution in [1.82, 2.24) is 5.32 Å². The number of ether oxygens (including phenoxy) is 1. The fourth-order valence-electron chi connectivity index (χ4n) is 2.84. The number of rotatable bonds is 3. The third kappa shape index (κ3) is 2.89. The Morgan fingerprint density at radius 2 is 2.00 bits per heavy atom. The molecule has 4 heteroatoms. The van der Waals surface area contributed by atoms with Crippen LogP contribution in [0.1, 0.15) is 29.2 Å². The highest BCUT2D eigenvalue weighted by molar-refractivity contribution is 6.42. The van der Waals surface area contributed by atoms with Crippen molar-refractivity contribution >= 4 is 23.2 Å². The molecule has 1 heterocycles. The number of nitrogens with one attached hydrogen (secondary N) is 1. The standard InChI is InChI=1S/C17H17Cl2NO/c1-20-16(12-7-8-14(18)15(19)10-12)13-6-2-4-11-5-3-9-21-17(11)13/h2,4,6-8,10,16,20H,3,5,9H2,1H3. The van der Waals surface area contributed by atoms with Crippen LogP contribution in [0.15, 0.2) is 36.4 Å². The first-order valence-corrected chi connectivity index (χ1v) is 7.83. The zero-order chi connectivity index (χ0) is 14.8. The number of aryl methyl sites for hydroxylation is 1. The molecule has 1 unspecified atom stereocenters. The van der Waals surface area contributed by atoms with E-state index in [9.17, 15) is 0 Å². The Bertz CT molecular complexity index is 657. The first-order chi connectivity index (χ1) is 10.2. The second-order valence-electron chi connectivity index (χ2n) is 5.18. The van der Waals surface area contributed by atoms with E-state index >= 15 is 0 Å². The third-order valence-corrected chi connectivity index (χ3v) is 4.58. The van der Waals surface area contributed by atoms with E-state index in [-0.39, 0.29) is 6.04 Å². The lowest BCUT2D eigenvalue weighted by Gasteiger charge is -2.25. The molecular formula is C17H17Cl2NO. The zero-order valence-electron chi connectivity index (χ0n) is 11.8. The van der Waals surface area contributed by atoms with E-state index < -0.39 is 0 Å². The number of para-hydroxylation sites is 1. The lowest BCUT2D eigenvalue weighted by Crippen LogP contribution is -2.20. The first kappa shape index (κ1) is 14.7. The molecule has 0 aliphatic carbocycles. The molecule has 0 saturated heterocycles. The highest BCUT2D eigenvalue weighted by Crippen LogP contribution is 2.36. The van der Waals surface area contributed by atoms with Crippen LogP contribution in [0.4, 0.5) is 0 Å². The molecule has 21 heavy (non-hydrogen) atoms. The summed E-state index contributed by atoms with van der Waals surface area (Å²) in [5.74, 6) is 1.01. The number of benzene rings is 2. The molecule has 0 bridgehead atoms. The van der Waals surface area contributed by atoms with Gasteiger partial charge in [-0.1, -0.05) is 47.5 Å². The van der Waals surface area contributed by atoms with Gasteiger partial charge in [0.2, 0.25) is 0 Å². The molecule has 1 aliphatic heterocycles. The van der Waals surface area contributed by atoms with E-state index in [0.29, 0.717) is 10.0 Å². The average Bonchev–Trinajstić information content (AvgIpc) is 2.52. The van der Waals surface area contributed by atoms with Crippen LogP contribution < -0.4 is 10.1 Å². The van der Waals surface area contributed by atoms with E-state index in [1.54, 1.807) is 0 Å². The van der Waals surface area contributed by atoms with Crippen molar-refractivity contribution in [3.05, 3.63) is 63.1 Å². The summed E-state index contributed by atoms with van der Waals surface area (Å²) in [5.41, 5.74) is 3.50. The topological polar surface area (TPSA) is 21.3 Å². The molecule has 1 aliphatic rings. The summed E-state index contributed by atoms with van der Waals surface area (Å²) in [6.45, 7) is 0.780. The van der Waals surface area contributed by atoms with Gasteiger partial charge >= 0.3 is 0 Å². The van der Waals surface area contributed by atoms with Crippen molar-refractivity contribution in [3.8, 4) is 5.75 Å². The van der Waals surface area contributed by atoms with E-state index in [4.69, 9.17) is 27.9 Å². The zero-order valence-corrected chi connectivity index (χ0v) is 13.3. The molecular weight excluding hydrogens is 305 g/mol. The molecule has 0 fully saturated rings. The van der Waals surface area contributed by atoms with E-state index in [1.807, 2.05) is 25.2 Å². The SMILES string of the molecule is CNC(c1ccc(Cl)c(Cl)c1)c1cccc2c1OCCC2. The molecule has 110 valence electrons. The van der Waals surface area contributed by atoms with Crippen LogP contribution in [-0.4, -0.2) is 13.7 Å². The van der Waals surface area contributed by atoms with Gasteiger partial charge in [-0.25, -0.2) is 0 Å². The van der Waals surface area contributed by atoms with Gasteiger partial charge in [-0.3, -0.25) is 0 Å². The molecule has 0 spiro atoms. The monoisotopic (exact) mass is 321 g/mol. The summed E-state index contributed by atoms with van der Waals surface area (Å²) in [4.78, 5) is 0. The van der Waals surface area contributed by atoms with Crippen LogP contribution in [0.25, 0.3) is 0 Å². The fourth-order valence-corrected chi connectivity index (χ4v) is 3.14. The molecule has 0 radical (unpaired) electrons. The molecule has 2 nitrogen and oxygen atoms in total. The predicted octanol–water partition coefficient (Wildman–Crippen LogP) is 4.63. The van der Waals surface area contributed by atoms with Gasteiger partial charge in [-0.2, -0.15) is 0 Å². The second kappa shape index (κ2) is 6.27. The lowest BCUT2D eigenvalue weighted by atomic mass is 9.94. The summed E-state index contributed by atoms with van der Waals surface area (Å²) in [7, 11) is 1.94. The Labute approximate surface area is 135 Å². The molecule has 1 N–H and O–H groups in total. The summed E-state index contributed by atoms with van der Waals surface area (Å²) in [5, 5.41) is 4.49. The molecule has 0 amide bonds. The maximum Gasteiger partial charge on any atom is 0.127 e. The van der Waals surface area contributed by atoms with Crippen LogP contribution in [0, 0.1) is 0 Å². The molecule has 2 aromatic carbocycles. The first-order valence-electron chi connectivity index (χ1n) is 7.07. The molecule has 0 saturated carbocycles. The van der Waals surface area contributed by atoms with E-state index in [0.717, 1.165) is 36.3 Å². The summed E-state index contributed by atoms with van der Waals surface area (Å²) < 4.78 is 5.91. The number of hydrogen-bond donors (Lipinski definition) is 1. The fraction of sp³-hybridized carbons (Fsp3) is 0.294. The van der Waals surface area contributed by atoms with Crippen molar-refractivity contribution in [1.29, 1.82) is 0 Å². The van der Waals surface area contributed by atoms with Crippen LogP contribution in [-0.2, 0) is 6.42 Å². The van der Waals surface area contributed by atoms with Crippen molar-refractivity contribution in [2.75, 3.05) is 13.7 Å². The molecule has 0 aromatic heterocycles. The molecule has 2 aromatic rings. The summed E-state index contributed by atoms with van der Waals surface area (Å²) in [6.07, 6.45) is 2.15. The van der Waals surface area contributed by atoms with Crippen LogP contribution in [0.5, 0.6) is 5.75 Å². The molecule has 1 atom stereocenters. The number of halogens is 2. The Kier molecular flexibility index (Phi) is 4.39. The van der Waals surface area contributed by atoms with Gasteiger partial charge in [0, 0.05) is 5.56 Å². The largest absolute Gasteiger partial charge is 0.493 e. The normalized spacial score (nSPS) is 15.2. The minimum absolute atomic E-state index is 0.0350. The van der Waals surface area contributed by atoms with Gasteiger partial charge in [-0.15, -0.1) is 0 Å². The van der Waals surface area contributed by atoms with Crippen molar-refractivity contribution in [3.63, 3.8) is 0 Å². The van der Waals surface area contributed by atoms with Gasteiger partial charge in [-0.05, 0) is 43.1 Å². The van der Waals surface area contributed by atoms with Crippen molar-refractivity contribution in [2.24, 2.45) is 0 Å². The lowest BCUT2D eigenvalue weighted by molar-refractivity contribution is 0.283. The Hall–Kier alpha value is -1.22. The van der Waals surface area contributed by atoms with E-state index in [1.165, 1.54) is 5.56 Å². The van der Waals surface area contributed by atoms with Crippen LogP contribution in [0.3, 0.4) is 0 Å². The summed E-state index contributed by atoms with van der Waals surface area (Å²) in [6, 6.07) is 12.1. The van der Waals surface area contributed by atoms with Gasteiger partial charge in [0.15, 0.2) is 0 Å². The van der Waals surface area contributed by atoms with Crippen LogP contribution >= 0.6 is 23.2 Å². The quantitative estimate of drug-likeness (QED) is 0.890. The van der Waals surface area contributed by atoms with Gasteiger partial charge in [0.1, 0.15) is 5.75 Å². The third-order valence-electron chi connectivity index (χ3n) is 3.84. The summed E-state index contributed by atoms with van der Waals surface area (Å²) >= 11 is 12.2. The minimum Gasteiger partial charge on any atom is -0.493 e. The Morgan fingerprint density at radius 3 is 2.76 bits per heavy atom.